The summed E-state index contributed by atoms with van der Waals surface area (Å²) in [5.41, 5.74) is 1.12. The average Bonchev–Trinajstić information content (AvgIpc) is 3.05. The topological polar surface area (TPSA) is 46.1 Å². The molecule has 1 aromatic carbocycles. The third kappa shape index (κ3) is 4.74. The molecule has 0 aromatic heterocycles. The Bertz CT molecular complexity index is 614. The lowest BCUT2D eigenvalue weighted by Crippen LogP contribution is -2.51. The first-order chi connectivity index (χ1) is 12.5. The molecule has 0 bridgehead atoms. The van der Waals surface area contributed by atoms with Crippen LogP contribution in [0.4, 0.5) is 4.39 Å². The minimum Gasteiger partial charge on any atom is -0.381 e. The molecule has 0 spiro atoms. The summed E-state index contributed by atoms with van der Waals surface area (Å²) in [5, 5.41) is 3.41. The molecule has 0 saturated carbocycles. The van der Waals surface area contributed by atoms with Gasteiger partial charge in [-0.25, -0.2) is 4.39 Å². The number of hydrogen-bond donors (Lipinski definition) is 1. The maximum Gasteiger partial charge on any atom is 0.194 e. The molecular formula is C20H30FN3O2. The number of halogens is 1. The van der Waals surface area contributed by atoms with Crippen LogP contribution in [0.5, 0.6) is 0 Å². The van der Waals surface area contributed by atoms with Gasteiger partial charge in [-0.3, -0.25) is 4.99 Å². The van der Waals surface area contributed by atoms with Crippen molar-refractivity contribution in [2.45, 2.75) is 39.4 Å². The van der Waals surface area contributed by atoms with Crippen LogP contribution in [-0.2, 0) is 9.47 Å². The molecule has 6 heteroatoms. The van der Waals surface area contributed by atoms with Crippen molar-refractivity contribution in [2.75, 3.05) is 39.4 Å². The molecule has 2 heterocycles. The maximum atomic E-state index is 13.2. The van der Waals surface area contributed by atoms with E-state index in [2.05, 4.69) is 31.0 Å². The fourth-order valence-corrected chi connectivity index (χ4v) is 3.51. The summed E-state index contributed by atoms with van der Waals surface area (Å²) >= 11 is 0. The van der Waals surface area contributed by atoms with E-state index in [1.165, 1.54) is 12.1 Å². The van der Waals surface area contributed by atoms with Gasteiger partial charge in [0, 0.05) is 25.1 Å². The van der Waals surface area contributed by atoms with Gasteiger partial charge in [0.2, 0.25) is 0 Å². The quantitative estimate of drug-likeness (QED) is 0.660. The van der Waals surface area contributed by atoms with Gasteiger partial charge in [0.05, 0.1) is 25.8 Å². The van der Waals surface area contributed by atoms with E-state index in [1.807, 2.05) is 0 Å². The molecule has 2 fully saturated rings. The van der Waals surface area contributed by atoms with Gasteiger partial charge < -0.3 is 19.7 Å². The van der Waals surface area contributed by atoms with Gasteiger partial charge in [0.15, 0.2) is 5.96 Å². The van der Waals surface area contributed by atoms with Crippen LogP contribution >= 0.6 is 0 Å². The predicted octanol–water partition coefficient (Wildman–Crippen LogP) is 2.98. The molecule has 1 N–H and O–H groups in total. The minimum atomic E-state index is -0.226. The number of guanidine groups is 1. The Hall–Kier alpha value is -1.66. The Morgan fingerprint density at radius 1 is 1.35 bits per heavy atom. The number of hydrogen-bond acceptors (Lipinski definition) is 3. The summed E-state index contributed by atoms with van der Waals surface area (Å²) in [6, 6.07) is 6.58. The highest BCUT2D eigenvalue weighted by molar-refractivity contribution is 5.80. The Morgan fingerprint density at radius 3 is 2.77 bits per heavy atom. The van der Waals surface area contributed by atoms with Crippen LogP contribution in [0.25, 0.3) is 0 Å². The lowest BCUT2D eigenvalue weighted by Gasteiger charge is -2.39. The lowest BCUT2D eigenvalue weighted by atomic mass is 9.90. The van der Waals surface area contributed by atoms with E-state index < -0.39 is 0 Å². The molecule has 3 unspecified atom stereocenters. The minimum absolute atomic E-state index is 0.0769. The van der Waals surface area contributed by atoms with E-state index in [0.717, 1.165) is 50.8 Å². The molecule has 2 saturated heterocycles. The number of aliphatic imine (C=N–C) groups is 1. The molecule has 2 aliphatic heterocycles. The molecule has 5 nitrogen and oxygen atoms in total. The normalized spacial score (nSPS) is 29.8. The summed E-state index contributed by atoms with van der Waals surface area (Å²) < 4.78 is 24.9. The lowest BCUT2D eigenvalue weighted by molar-refractivity contribution is -0.0605. The van der Waals surface area contributed by atoms with Crippen molar-refractivity contribution in [1.29, 1.82) is 0 Å². The molecule has 0 amide bonds. The second-order valence-electron chi connectivity index (χ2n) is 7.68. The SMILES string of the molecule is CCNC(=NCC1(C)CCOC1)N1CC(C)OC(c2ccc(F)cc2)C1. The Morgan fingerprint density at radius 2 is 2.12 bits per heavy atom. The number of benzene rings is 1. The highest BCUT2D eigenvalue weighted by Gasteiger charge is 2.31. The Kier molecular flexibility index (Phi) is 6.14. The smallest absolute Gasteiger partial charge is 0.194 e. The first kappa shape index (κ1) is 19.1. The maximum absolute atomic E-state index is 13.2. The first-order valence-corrected chi connectivity index (χ1v) is 9.51. The molecule has 0 radical (unpaired) electrons. The van der Waals surface area contributed by atoms with Crippen molar-refractivity contribution in [2.24, 2.45) is 10.4 Å². The van der Waals surface area contributed by atoms with Crippen molar-refractivity contribution in [3.63, 3.8) is 0 Å². The Balaban J connectivity index is 1.73. The van der Waals surface area contributed by atoms with Crippen LogP contribution in [0.1, 0.15) is 38.9 Å². The molecule has 144 valence electrons. The first-order valence-electron chi connectivity index (χ1n) is 9.51. The van der Waals surface area contributed by atoms with Crippen LogP contribution in [0.2, 0.25) is 0 Å². The van der Waals surface area contributed by atoms with Crippen molar-refractivity contribution < 1.29 is 13.9 Å². The third-order valence-corrected chi connectivity index (χ3v) is 5.05. The standard InChI is InChI=1S/C20H30FN3O2/c1-4-22-19(23-13-20(3)9-10-25-14-20)24-11-15(2)26-18(12-24)16-5-7-17(21)8-6-16/h5-8,15,18H,4,9-14H2,1-3H3,(H,22,23). The van der Waals surface area contributed by atoms with Gasteiger partial charge in [-0.05, 0) is 38.0 Å². The summed E-state index contributed by atoms with van der Waals surface area (Å²) in [6.07, 6.45) is 1.04. The van der Waals surface area contributed by atoms with Crippen molar-refractivity contribution in [1.82, 2.24) is 10.2 Å². The van der Waals surface area contributed by atoms with Gasteiger partial charge in [0.25, 0.3) is 0 Å². The van der Waals surface area contributed by atoms with Crippen LogP contribution in [0.15, 0.2) is 29.3 Å². The highest BCUT2D eigenvalue weighted by atomic mass is 19.1. The number of nitrogens with one attached hydrogen (secondary N) is 1. The number of nitrogens with zero attached hydrogens (tertiary/aromatic N) is 2. The predicted molar refractivity (Wildman–Crippen MR) is 101 cm³/mol. The van der Waals surface area contributed by atoms with Crippen molar-refractivity contribution in [3.05, 3.63) is 35.6 Å². The van der Waals surface area contributed by atoms with E-state index in [1.54, 1.807) is 12.1 Å². The van der Waals surface area contributed by atoms with Crippen LogP contribution in [0.3, 0.4) is 0 Å². The van der Waals surface area contributed by atoms with E-state index in [4.69, 9.17) is 14.5 Å². The van der Waals surface area contributed by atoms with Gasteiger partial charge in [-0.2, -0.15) is 0 Å². The van der Waals surface area contributed by atoms with Gasteiger partial charge >= 0.3 is 0 Å². The van der Waals surface area contributed by atoms with Gasteiger partial charge in [0.1, 0.15) is 11.9 Å². The second kappa shape index (κ2) is 8.35. The average molecular weight is 363 g/mol. The molecular weight excluding hydrogens is 333 g/mol. The van der Waals surface area contributed by atoms with Crippen LogP contribution in [-0.4, -0.2) is 56.4 Å². The summed E-state index contributed by atoms with van der Waals surface area (Å²) in [6.45, 7) is 11.0. The zero-order chi connectivity index (χ0) is 18.6. The summed E-state index contributed by atoms with van der Waals surface area (Å²) in [7, 11) is 0. The summed E-state index contributed by atoms with van der Waals surface area (Å²) in [5.74, 6) is 0.694. The monoisotopic (exact) mass is 363 g/mol. The number of morpholine rings is 1. The van der Waals surface area contributed by atoms with Crippen LogP contribution < -0.4 is 5.32 Å². The second-order valence-corrected chi connectivity index (χ2v) is 7.68. The fourth-order valence-electron chi connectivity index (χ4n) is 3.51. The van der Waals surface area contributed by atoms with E-state index >= 15 is 0 Å². The van der Waals surface area contributed by atoms with Crippen molar-refractivity contribution in [3.8, 4) is 0 Å². The summed E-state index contributed by atoms with van der Waals surface area (Å²) in [4.78, 5) is 7.16. The van der Waals surface area contributed by atoms with Crippen LogP contribution in [0, 0.1) is 11.2 Å². The molecule has 0 aliphatic carbocycles. The zero-order valence-corrected chi connectivity index (χ0v) is 16.0. The molecule has 3 rings (SSSR count). The molecule has 26 heavy (non-hydrogen) atoms. The molecule has 1 aromatic rings. The Labute approximate surface area is 155 Å². The third-order valence-electron chi connectivity index (χ3n) is 5.05. The fraction of sp³-hybridized carbons (Fsp3) is 0.650. The number of rotatable bonds is 4. The van der Waals surface area contributed by atoms with E-state index in [-0.39, 0.29) is 23.4 Å². The highest BCUT2D eigenvalue weighted by Crippen LogP contribution is 2.29. The van der Waals surface area contributed by atoms with Gasteiger partial charge in [-0.1, -0.05) is 19.1 Å². The van der Waals surface area contributed by atoms with E-state index in [9.17, 15) is 4.39 Å². The van der Waals surface area contributed by atoms with Crippen molar-refractivity contribution >= 4 is 5.96 Å². The largest absolute Gasteiger partial charge is 0.381 e. The molecule has 3 atom stereocenters. The molecule has 2 aliphatic rings. The van der Waals surface area contributed by atoms with Gasteiger partial charge in [-0.15, -0.1) is 0 Å². The number of ether oxygens (including phenoxy) is 2. The zero-order valence-electron chi connectivity index (χ0n) is 16.0. The van der Waals surface area contributed by atoms with E-state index in [0.29, 0.717) is 6.54 Å².